The molecule has 1 aliphatic carbocycles. The molecule has 5 rings (SSSR count). The molecule has 202 valence electrons. The number of methoxy groups -OCH3 is 2. The molecule has 2 atom stereocenters. The van der Waals surface area contributed by atoms with Gasteiger partial charge in [-0.3, -0.25) is 9.59 Å². The van der Waals surface area contributed by atoms with Gasteiger partial charge >= 0.3 is 0 Å². The number of ether oxygens (including phenoxy) is 2. The minimum absolute atomic E-state index is 0.148. The van der Waals surface area contributed by atoms with E-state index in [1.54, 1.807) is 14.2 Å². The summed E-state index contributed by atoms with van der Waals surface area (Å²) in [6.45, 7) is 0. The molecule has 0 saturated heterocycles. The Labute approximate surface area is 233 Å². The summed E-state index contributed by atoms with van der Waals surface area (Å²) in [4.78, 5) is 25.0. The molecule has 2 aromatic heterocycles. The summed E-state index contributed by atoms with van der Waals surface area (Å²) in [5, 5.41) is 25.6. The number of carbonyl (C=O) groups is 2. The topological polar surface area (TPSA) is 128 Å². The second-order valence-corrected chi connectivity index (χ2v) is 11.3. The normalized spacial score (nSPS) is 16.6. The van der Waals surface area contributed by atoms with Crippen LogP contribution in [-0.4, -0.2) is 46.4 Å². The van der Waals surface area contributed by atoms with Gasteiger partial charge in [0.2, 0.25) is 22.1 Å². The second-order valence-electron chi connectivity index (χ2n) is 9.25. The summed E-state index contributed by atoms with van der Waals surface area (Å²) < 4.78 is 10.4. The molecule has 0 bridgehead atoms. The third kappa shape index (κ3) is 6.95. The minimum atomic E-state index is -0.148. The number of aromatic nitrogens is 4. The van der Waals surface area contributed by atoms with Gasteiger partial charge in [-0.05, 0) is 54.7 Å². The molecule has 2 aromatic carbocycles. The van der Waals surface area contributed by atoms with E-state index in [4.69, 9.17) is 9.47 Å². The Bertz CT molecular complexity index is 1350. The number of carbonyl (C=O) groups excluding carboxylic acids is 2. The summed E-state index contributed by atoms with van der Waals surface area (Å²) in [6.07, 6.45) is 3.24. The van der Waals surface area contributed by atoms with Crippen LogP contribution in [0.3, 0.4) is 0 Å². The Morgan fingerprint density at radius 3 is 1.67 bits per heavy atom. The third-order valence-electron chi connectivity index (χ3n) is 6.50. The zero-order valence-electron chi connectivity index (χ0n) is 21.5. The summed E-state index contributed by atoms with van der Waals surface area (Å²) in [7, 11) is 3.20. The van der Waals surface area contributed by atoms with Crippen LogP contribution in [0.15, 0.2) is 48.5 Å². The summed E-state index contributed by atoms with van der Waals surface area (Å²) in [6, 6.07) is 14.9. The first-order valence-electron chi connectivity index (χ1n) is 12.5. The van der Waals surface area contributed by atoms with E-state index in [2.05, 4.69) is 31.0 Å². The lowest BCUT2D eigenvalue weighted by molar-refractivity contribution is -0.116. The number of benzene rings is 2. The van der Waals surface area contributed by atoms with E-state index in [9.17, 15) is 9.59 Å². The van der Waals surface area contributed by atoms with E-state index in [-0.39, 0.29) is 36.5 Å². The Hall–Kier alpha value is -3.90. The van der Waals surface area contributed by atoms with Crippen molar-refractivity contribution in [3.05, 3.63) is 69.7 Å². The Morgan fingerprint density at radius 2 is 1.23 bits per heavy atom. The molecule has 12 heteroatoms. The van der Waals surface area contributed by atoms with Gasteiger partial charge in [-0.15, -0.1) is 20.4 Å². The van der Waals surface area contributed by atoms with E-state index in [1.165, 1.54) is 22.7 Å². The van der Waals surface area contributed by atoms with E-state index < -0.39 is 0 Å². The zero-order chi connectivity index (χ0) is 27.2. The van der Waals surface area contributed by atoms with Gasteiger partial charge in [0.25, 0.3) is 0 Å². The van der Waals surface area contributed by atoms with Gasteiger partial charge in [0, 0.05) is 11.8 Å². The molecule has 39 heavy (non-hydrogen) atoms. The molecule has 2 amide bonds. The van der Waals surface area contributed by atoms with Gasteiger partial charge in [0.05, 0.1) is 27.1 Å². The molecule has 1 fully saturated rings. The van der Waals surface area contributed by atoms with Gasteiger partial charge in [-0.1, -0.05) is 46.9 Å². The van der Waals surface area contributed by atoms with Crippen molar-refractivity contribution in [1.82, 2.24) is 20.4 Å². The maximum atomic E-state index is 12.5. The molecule has 0 aliphatic heterocycles. The lowest BCUT2D eigenvalue weighted by Gasteiger charge is -2.06. The highest BCUT2D eigenvalue weighted by Gasteiger charge is 2.32. The van der Waals surface area contributed by atoms with Crippen LogP contribution in [0.1, 0.15) is 52.2 Å². The number of rotatable bonds is 10. The van der Waals surface area contributed by atoms with Crippen molar-refractivity contribution < 1.29 is 19.1 Å². The molecule has 1 saturated carbocycles. The quantitative estimate of drug-likeness (QED) is 0.281. The first kappa shape index (κ1) is 26.7. The molecule has 4 aromatic rings. The Morgan fingerprint density at radius 1 is 0.769 bits per heavy atom. The van der Waals surface area contributed by atoms with Gasteiger partial charge in [-0.25, -0.2) is 0 Å². The molecule has 2 heterocycles. The largest absolute Gasteiger partial charge is 0.497 e. The standard InChI is InChI=1S/C27H28N6O4S2/c1-36-20-7-3-5-16(11-20)13-22(34)28-26-32-30-24(38-26)18-9-10-19(15-18)25-31-33-27(39-25)29-23(35)14-17-6-4-8-21(12-17)37-2/h3-8,11-12,18-19H,9-10,13-15H2,1-2H3,(H,28,32,34)(H,29,33,35)/t18-,19+. The van der Waals surface area contributed by atoms with E-state index >= 15 is 0 Å². The predicted octanol–water partition coefficient (Wildman–Crippen LogP) is 4.82. The van der Waals surface area contributed by atoms with Crippen molar-refractivity contribution >= 4 is 44.8 Å². The number of nitrogens with one attached hydrogen (secondary N) is 2. The fourth-order valence-corrected chi connectivity index (χ4v) is 6.41. The number of amides is 2. The van der Waals surface area contributed by atoms with Crippen LogP contribution in [-0.2, 0) is 22.4 Å². The zero-order valence-corrected chi connectivity index (χ0v) is 23.2. The maximum Gasteiger partial charge on any atom is 0.230 e. The van der Waals surface area contributed by atoms with Crippen molar-refractivity contribution in [2.24, 2.45) is 0 Å². The average Bonchev–Trinajstić information content (AvgIpc) is 3.70. The molecule has 0 unspecified atom stereocenters. The van der Waals surface area contributed by atoms with Gasteiger partial charge in [0.15, 0.2) is 0 Å². The number of hydrogen-bond donors (Lipinski definition) is 2. The minimum Gasteiger partial charge on any atom is -0.497 e. The van der Waals surface area contributed by atoms with Gasteiger partial charge < -0.3 is 20.1 Å². The van der Waals surface area contributed by atoms with Crippen LogP contribution in [0.2, 0.25) is 0 Å². The van der Waals surface area contributed by atoms with Gasteiger partial charge in [0.1, 0.15) is 21.5 Å². The average molecular weight is 565 g/mol. The maximum absolute atomic E-state index is 12.5. The fraction of sp³-hybridized carbons (Fsp3) is 0.333. The molecule has 0 radical (unpaired) electrons. The van der Waals surface area contributed by atoms with Crippen LogP contribution < -0.4 is 20.1 Å². The highest BCUT2D eigenvalue weighted by molar-refractivity contribution is 7.15. The second kappa shape index (κ2) is 12.3. The number of anilines is 2. The summed E-state index contributed by atoms with van der Waals surface area (Å²) >= 11 is 2.83. The molecule has 2 N–H and O–H groups in total. The van der Waals surface area contributed by atoms with Crippen molar-refractivity contribution in [1.29, 1.82) is 0 Å². The first-order valence-corrected chi connectivity index (χ1v) is 14.1. The lowest BCUT2D eigenvalue weighted by atomic mass is 10.1. The third-order valence-corrected chi connectivity index (χ3v) is 8.51. The highest BCUT2D eigenvalue weighted by Crippen LogP contribution is 2.45. The van der Waals surface area contributed by atoms with Crippen molar-refractivity contribution in [3.8, 4) is 11.5 Å². The lowest BCUT2D eigenvalue weighted by Crippen LogP contribution is -2.14. The van der Waals surface area contributed by atoms with Crippen molar-refractivity contribution in [2.45, 2.75) is 43.9 Å². The number of nitrogens with zero attached hydrogens (tertiary/aromatic N) is 4. The SMILES string of the molecule is COc1cccc(CC(=O)Nc2nnc([C@@H]3CC[C@H](c4nnc(NC(=O)Cc5cccc(OC)c5)s4)C3)s2)c1. The summed E-state index contributed by atoms with van der Waals surface area (Å²) in [5.41, 5.74) is 1.73. The molecule has 10 nitrogen and oxygen atoms in total. The van der Waals surface area contributed by atoms with Crippen LogP contribution >= 0.6 is 22.7 Å². The predicted molar refractivity (Wildman–Crippen MR) is 150 cm³/mol. The fourth-order valence-electron chi connectivity index (χ4n) is 4.59. The van der Waals surface area contributed by atoms with Crippen molar-refractivity contribution in [2.75, 3.05) is 24.9 Å². The summed E-state index contributed by atoms with van der Waals surface area (Å²) in [5.74, 6) is 1.62. The van der Waals surface area contributed by atoms with Gasteiger partial charge in [-0.2, -0.15) is 0 Å². The Kier molecular flexibility index (Phi) is 8.42. The van der Waals surface area contributed by atoms with Crippen LogP contribution in [0.5, 0.6) is 11.5 Å². The molecular formula is C27H28N6O4S2. The van der Waals surface area contributed by atoms with E-state index in [0.29, 0.717) is 21.8 Å². The van der Waals surface area contributed by atoms with Crippen LogP contribution in [0.4, 0.5) is 10.3 Å². The molecule has 1 aliphatic rings. The van der Waals surface area contributed by atoms with Crippen LogP contribution in [0, 0.1) is 0 Å². The van der Waals surface area contributed by atoms with Crippen LogP contribution in [0.25, 0.3) is 0 Å². The van der Waals surface area contributed by atoms with E-state index in [1.807, 2.05) is 48.5 Å². The highest BCUT2D eigenvalue weighted by atomic mass is 32.1. The molecular weight excluding hydrogens is 536 g/mol. The van der Waals surface area contributed by atoms with E-state index in [0.717, 1.165) is 40.4 Å². The first-order chi connectivity index (χ1) is 19.0. The monoisotopic (exact) mass is 564 g/mol. The Balaban J connectivity index is 1.12. The smallest absolute Gasteiger partial charge is 0.230 e. The van der Waals surface area contributed by atoms with Crippen molar-refractivity contribution in [3.63, 3.8) is 0 Å². The molecule has 0 spiro atoms. The number of hydrogen-bond acceptors (Lipinski definition) is 10.